The summed E-state index contributed by atoms with van der Waals surface area (Å²) in [5.41, 5.74) is 0.940. The van der Waals surface area contributed by atoms with E-state index < -0.39 is 11.6 Å². The van der Waals surface area contributed by atoms with Gasteiger partial charge in [-0.25, -0.2) is 8.78 Å². The number of amides is 1. The fourth-order valence-corrected chi connectivity index (χ4v) is 4.01. The zero-order valence-electron chi connectivity index (χ0n) is 17.9. The summed E-state index contributed by atoms with van der Waals surface area (Å²) in [5, 5.41) is 0. The predicted molar refractivity (Wildman–Crippen MR) is 115 cm³/mol. The molecule has 1 saturated heterocycles. The van der Waals surface area contributed by atoms with Crippen molar-refractivity contribution in [2.45, 2.75) is 45.7 Å². The molecule has 1 aliphatic rings. The van der Waals surface area contributed by atoms with Gasteiger partial charge in [-0.1, -0.05) is 26.0 Å². The van der Waals surface area contributed by atoms with Crippen molar-refractivity contribution in [1.82, 2.24) is 4.90 Å². The third-order valence-electron chi connectivity index (χ3n) is 5.55. The first-order chi connectivity index (χ1) is 14.4. The molecule has 1 amide bonds. The van der Waals surface area contributed by atoms with Gasteiger partial charge in [-0.2, -0.15) is 0 Å². The Morgan fingerprint density at radius 2 is 1.77 bits per heavy atom. The summed E-state index contributed by atoms with van der Waals surface area (Å²) >= 11 is 0. The maximum absolute atomic E-state index is 14.0. The van der Waals surface area contributed by atoms with Crippen LogP contribution in [0.25, 0.3) is 0 Å². The lowest BCUT2D eigenvalue weighted by atomic mass is 9.99. The Morgan fingerprint density at radius 3 is 2.37 bits per heavy atom. The predicted octanol–water partition coefficient (Wildman–Crippen LogP) is 5.02. The van der Waals surface area contributed by atoms with Gasteiger partial charge >= 0.3 is 0 Å². The number of carbonyl (C=O) groups is 1. The summed E-state index contributed by atoms with van der Waals surface area (Å²) in [6.07, 6.45) is 1.96. The number of nitrogens with zero attached hydrogens (tertiary/aromatic N) is 2. The SMILES string of the molecule is COc1cccc(N(C(=O)CC(C)C)C2CCN(Cc3c(F)cccc3F)CC2)c1. The maximum atomic E-state index is 14.0. The summed E-state index contributed by atoms with van der Waals surface area (Å²) in [5.74, 6) is 0.0402. The molecule has 2 aromatic carbocycles. The fraction of sp³-hybridized carbons (Fsp3) is 0.458. The minimum absolute atomic E-state index is 0.0464. The van der Waals surface area contributed by atoms with Gasteiger partial charge in [-0.15, -0.1) is 0 Å². The summed E-state index contributed by atoms with van der Waals surface area (Å²) in [7, 11) is 1.61. The van der Waals surface area contributed by atoms with Gasteiger partial charge in [0.05, 0.1) is 7.11 Å². The van der Waals surface area contributed by atoms with E-state index in [1.54, 1.807) is 7.11 Å². The number of hydrogen-bond acceptors (Lipinski definition) is 3. The van der Waals surface area contributed by atoms with Crippen molar-refractivity contribution in [2.75, 3.05) is 25.1 Å². The Labute approximate surface area is 177 Å². The topological polar surface area (TPSA) is 32.8 Å². The number of methoxy groups -OCH3 is 1. The molecule has 1 fully saturated rings. The highest BCUT2D eigenvalue weighted by atomic mass is 19.1. The Hall–Kier alpha value is -2.47. The monoisotopic (exact) mass is 416 g/mol. The number of likely N-dealkylation sites (tertiary alicyclic amines) is 1. The molecule has 0 saturated carbocycles. The van der Waals surface area contributed by atoms with E-state index in [1.165, 1.54) is 18.2 Å². The van der Waals surface area contributed by atoms with Crippen LogP contribution in [0.15, 0.2) is 42.5 Å². The largest absolute Gasteiger partial charge is 0.497 e. The van der Waals surface area contributed by atoms with E-state index in [-0.39, 0.29) is 30.0 Å². The van der Waals surface area contributed by atoms with E-state index in [0.29, 0.717) is 25.3 Å². The summed E-state index contributed by atoms with van der Waals surface area (Å²) < 4.78 is 33.3. The van der Waals surface area contributed by atoms with Crippen molar-refractivity contribution in [2.24, 2.45) is 5.92 Å². The van der Waals surface area contributed by atoms with Gasteiger partial charge in [0, 0.05) is 49.4 Å². The molecule has 0 unspecified atom stereocenters. The Balaban J connectivity index is 1.73. The van der Waals surface area contributed by atoms with Crippen LogP contribution in [0, 0.1) is 17.6 Å². The molecule has 3 rings (SSSR count). The molecule has 0 aliphatic carbocycles. The van der Waals surface area contributed by atoms with Crippen LogP contribution in [-0.4, -0.2) is 37.0 Å². The molecule has 0 radical (unpaired) electrons. The molecule has 1 aliphatic heterocycles. The molecular weight excluding hydrogens is 386 g/mol. The molecule has 0 spiro atoms. The highest BCUT2D eigenvalue weighted by Gasteiger charge is 2.30. The van der Waals surface area contributed by atoms with Crippen molar-refractivity contribution in [3.63, 3.8) is 0 Å². The smallest absolute Gasteiger partial charge is 0.227 e. The second kappa shape index (κ2) is 10.0. The van der Waals surface area contributed by atoms with Crippen LogP contribution in [0.2, 0.25) is 0 Å². The Bertz CT molecular complexity index is 844. The number of carbonyl (C=O) groups excluding carboxylic acids is 1. The number of hydrogen-bond donors (Lipinski definition) is 0. The minimum Gasteiger partial charge on any atom is -0.497 e. The van der Waals surface area contributed by atoms with E-state index in [4.69, 9.17) is 4.74 Å². The van der Waals surface area contributed by atoms with Gasteiger partial charge in [-0.3, -0.25) is 9.69 Å². The van der Waals surface area contributed by atoms with Gasteiger partial charge in [0.15, 0.2) is 0 Å². The van der Waals surface area contributed by atoms with Gasteiger partial charge in [0.2, 0.25) is 5.91 Å². The molecule has 1 heterocycles. The average Bonchev–Trinajstić information content (AvgIpc) is 2.72. The number of anilines is 1. The third-order valence-corrected chi connectivity index (χ3v) is 5.55. The van der Waals surface area contributed by atoms with Crippen molar-refractivity contribution in [1.29, 1.82) is 0 Å². The van der Waals surface area contributed by atoms with Crippen molar-refractivity contribution >= 4 is 11.6 Å². The zero-order valence-corrected chi connectivity index (χ0v) is 17.9. The summed E-state index contributed by atoms with van der Waals surface area (Å²) in [4.78, 5) is 17.0. The molecule has 0 atom stereocenters. The fourth-order valence-electron chi connectivity index (χ4n) is 4.01. The molecule has 162 valence electrons. The lowest BCUT2D eigenvalue weighted by molar-refractivity contribution is -0.120. The lowest BCUT2D eigenvalue weighted by Gasteiger charge is -2.39. The first kappa shape index (κ1) is 22.2. The molecule has 0 aromatic heterocycles. The molecule has 4 nitrogen and oxygen atoms in total. The van der Waals surface area contributed by atoms with Gasteiger partial charge in [0.1, 0.15) is 17.4 Å². The maximum Gasteiger partial charge on any atom is 0.227 e. The quantitative estimate of drug-likeness (QED) is 0.636. The Morgan fingerprint density at radius 1 is 1.13 bits per heavy atom. The second-order valence-electron chi connectivity index (χ2n) is 8.27. The van der Waals surface area contributed by atoms with Crippen LogP contribution in [-0.2, 0) is 11.3 Å². The van der Waals surface area contributed by atoms with Crippen molar-refractivity contribution in [3.05, 3.63) is 59.7 Å². The second-order valence-corrected chi connectivity index (χ2v) is 8.27. The van der Waals surface area contributed by atoms with Crippen LogP contribution in [0.5, 0.6) is 5.75 Å². The van der Waals surface area contributed by atoms with E-state index in [1.807, 2.05) is 43.0 Å². The molecule has 0 bridgehead atoms. The first-order valence-corrected chi connectivity index (χ1v) is 10.5. The third kappa shape index (κ3) is 5.36. The standard InChI is InChI=1S/C24H30F2N2O2/c1-17(2)14-24(29)28(19-6-4-7-20(15-19)30-3)18-10-12-27(13-11-18)16-21-22(25)8-5-9-23(21)26/h4-9,15,17-18H,10-14,16H2,1-3H3. The highest BCUT2D eigenvalue weighted by Crippen LogP contribution is 2.29. The van der Waals surface area contributed by atoms with Gasteiger partial charge in [0.25, 0.3) is 0 Å². The van der Waals surface area contributed by atoms with Crippen LogP contribution in [0.3, 0.4) is 0 Å². The van der Waals surface area contributed by atoms with Crippen LogP contribution in [0.1, 0.15) is 38.7 Å². The van der Waals surface area contributed by atoms with E-state index in [9.17, 15) is 13.6 Å². The normalized spacial score (nSPS) is 15.4. The summed E-state index contributed by atoms with van der Waals surface area (Å²) in [6.45, 7) is 5.66. The van der Waals surface area contributed by atoms with Crippen LogP contribution in [0.4, 0.5) is 14.5 Å². The lowest BCUT2D eigenvalue weighted by Crippen LogP contribution is -2.47. The molecule has 6 heteroatoms. The van der Waals surface area contributed by atoms with Crippen molar-refractivity contribution in [3.8, 4) is 5.75 Å². The molecule has 0 N–H and O–H groups in total. The first-order valence-electron chi connectivity index (χ1n) is 10.5. The summed E-state index contributed by atoms with van der Waals surface area (Å²) in [6, 6.07) is 11.6. The number of benzene rings is 2. The number of ether oxygens (including phenoxy) is 1. The highest BCUT2D eigenvalue weighted by molar-refractivity contribution is 5.94. The van der Waals surface area contributed by atoms with Crippen LogP contribution >= 0.6 is 0 Å². The number of piperidine rings is 1. The van der Waals surface area contributed by atoms with Gasteiger partial charge < -0.3 is 9.64 Å². The Kier molecular flexibility index (Phi) is 7.43. The molecular formula is C24H30F2N2O2. The zero-order chi connectivity index (χ0) is 21.7. The van der Waals surface area contributed by atoms with E-state index in [0.717, 1.165) is 18.5 Å². The molecule has 2 aromatic rings. The molecule has 30 heavy (non-hydrogen) atoms. The van der Waals surface area contributed by atoms with Crippen molar-refractivity contribution < 1.29 is 18.3 Å². The minimum atomic E-state index is -0.512. The van der Waals surface area contributed by atoms with Gasteiger partial charge in [-0.05, 0) is 43.0 Å². The van der Waals surface area contributed by atoms with E-state index >= 15 is 0 Å². The number of rotatable bonds is 7. The van der Waals surface area contributed by atoms with Crippen LogP contribution < -0.4 is 9.64 Å². The van der Waals surface area contributed by atoms with E-state index in [2.05, 4.69) is 4.90 Å². The average molecular weight is 417 g/mol. The number of halogens is 2.